The van der Waals surface area contributed by atoms with Crippen LogP contribution in [0.1, 0.15) is 49.7 Å². The Morgan fingerprint density at radius 3 is 2.41 bits per heavy atom. The third-order valence-corrected chi connectivity index (χ3v) is 6.28. The third-order valence-electron chi connectivity index (χ3n) is 6.28. The molecule has 0 bridgehead atoms. The Balaban J connectivity index is 1.47. The molecule has 4 rings (SSSR count). The minimum absolute atomic E-state index is 0.199. The molecule has 6 nitrogen and oxygen atoms in total. The van der Waals surface area contributed by atoms with Gasteiger partial charge in [0.2, 0.25) is 11.8 Å². The minimum Gasteiger partial charge on any atom is -0.479 e. The molecule has 1 aromatic rings. The molecule has 2 N–H and O–H groups in total. The van der Waals surface area contributed by atoms with E-state index < -0.39 is 11.5 Å². The number of benzene rings is 1. The first-order valence-electron chi connectivity index (χ1n) is 9.94. The van der Waals surface area contributed by atoms with Crippen molar-refractivity contribution in [2.24, 2.45) is 11.8 Å². The van der Waals surface area contributed by atoms with Crippen molar-refractivity contribution >= 4 is 17.8 Å². The van der Waals surface area contributed by atoms with Crippen LogP contribution in [0.15, 0.2) is 24.3 Å². The Bertz CT molecular complexity index is 765. The second-order valence-electron chi connectivity index (χ2n) is 8.08. The standard InChI is InChI=1S/C21H26N2O4/c24-18(15-9-12-23(13-10-15)19(25)16-7-8-16)22-21(20(26)27)11-3-5-14-4-1-2-6-17(14)21/h1-2,4,6,15-16H,3,5,7-13H2,(H,22,24)(H,26,27). The van der Waals surface area contributed by atoms with Crippen molar-refractivity contribution in [2.45, 2.75) is 50.5 Å². The summed E-state index contributed by atoms with van der Waals surface area (Å²) >= 11 is 0. The zero-order valence-corrected chi connectivity index (χ0v) is 15.4. The van der Waals surface area contributed by atoms with Gasteiger partial charge in [0, 0.05) is 24.9 Å². The lowest BCUT2D eigenvalue weighted by Crippen LogP contribution is -2.56. The Morgan fingerprint density at radius 1 is 1.04 bits per heavy atom. The van der Waals surface area contributed by atoms with Gasteiger partial charge < -0.3 is 15.3 Å². The molecule has 1 atom stereocenters. The van der Waals surface area contributed by atoms with Crippen molar-refractivity contribution in [3.8, 4) is 0 Å². The predicted molar refractivity (Wildman–Crippen MR) is 98.9 cm³/mol. The van der Waals surface area contributed by atoms with Gasteiger partial charge >= 0.3 is 5.97 Å². The van der Waals surface area contributed by atoms with Crippen molar-refractivity contribution in [1.29, 1.82) is 0 Å². The summed E-state index contributed by atoms with van der Waals surface area (Å²) in [7, 11) is 0. The molecule has 2 amide bonds. The van der Waals surface area contributed by atoms with E-state index in [1.165, 1.54) is 0 Å². The van der Waals surface area contributed by atoms with Gasteiger partial charge in [-0.05, 0) is 56.1 Å². The second kappa shape index (κ2) is 6.98. The summed E-state index contributed by atoms with van der Waals surface area (Å²) in [6.07, 6.45) is 5.15. The summed E-state index contributed by atoms with van der Waals surface area (Å²) in [5, 5.41) is 12.9. The van der Waals surface area contributed by atoms with Gasteiger partial charge in [-0.2, -0.15) is 0 Å². The van der Waals surface area contributed by atoms with E-state index in [9.17, 15) is 19.5 Å². The van der Waals surface area contributed by atoms with Crippen molar-refractivity contribution in [2.75, 3.05) is 13.1 Å². The van der Waals surface area contributed by atoms with Crippen LogP contribution in [0.25, 0.3) is 0 Å². The fourth-order valence-corrected chi connectivity index (χ4v) is 4.50. The van der Waals surface area contributed by atoms with E-state index in [-0.39, 0.29) is 23.7 Å². The third kappa shape index (κ3) is 3.33. The number of nitrogens with zero attached hydrogens (tertiary/aromatic N) is 1. The van der Waals surface area contributed by atoms with Gasteiger partial charge in [0.05, 0.1) is 0 Å². The van der Waals surface area contributed by atoms with Crippen LogP contribution >= 0.6 is 0 Å². The predicted octanol–water partition coefficient (Wildman–Crippen LogP) is 2.07. The van der Waals surface area contributed by atoms with E-state index in [4.69, 9.17) is 0 Å². The van der Waals surface area contributed by atoms with Crippen molar-refractivity contribution in [3.63, 3.8) is 0 Å². The van der Waals surface area contributed by atoms with E-state index in [0.29, 0.717) is 37.9 Å². The summed E-state index contributed by atoms with van der Waals surface area (Å²) in [4.78, 5) is 39.2. The van der Waals surface area contributed by atoms with Crippen molar-refractivity contribution in [3.05, 3.63) is 35.4 Å². The molecule has 1 aromatic carbocycles. The molecular weight excluding hydrogens is 344 g/mol. The summed E-state index contributed by atoms with van der Waals surface area (Å²) in [5.41, 5.74) is 0.363. The highest BCUT2D eigenvalue weighted by atomic mass is 16.4. The monoisotopic (exact) mass is 370 g/mol. The van der Waals surface area contributed by atoms with E-state index >= 15 is 0 Å². The maximum Gasteiger partial charge on any atom is 0.334 e. The topological polar surface area (TPSA) is 86.7 Å². The van der Waals surface area contributed by atoms with E-state index in [2.05, 4.69) is 5.32 Å². The molecule has 1 aliphatic heterocycles. The summed E-state index contributed by atoms with van der Waals surface area (Å²) in [6.45, 7) is 1.17. The van der Waals surface area contributed by atoms with Gasteiger partial charge in [0.15, 0.2) is 5.54 Å². The number of carbonyl (C=O) groups is 3. The number of carboxylic acid groups (broad SMARTS) is 1. The Morgan fingerprint density at radius 2 is 1.74 bits per heavy atom. The largest absolute Gasteiger partial charge is 0.479 e. The van der Waals surface area contributed by atoms with E-state index in [0.717, 1.165) is 31.2 Å². The Labute approximate surface area is 158 Å². The summed E-state index contributed by atoms with van der Waals surface area (Å²) in [5.74, 6) is -1.02. The zero-order valence-electron chi connectivity index (χ0n) is 15.4. The van der Waals surface area contributed by atoms with Crippen LogP contribution in [0.3, 0.4) is 0 Å². The molecule has 0 spiro atoms. The lowest BCUT2D eigenvalue weighted by Gasteiger charge is -2.38. The number of carbonyl (C=O) groups excluding carboxylic acids is 2. The number of hydrogen-bond donors (Lipinski definition) is 2. The number of hydrogen-bond acceptors (Lipinski definition) is 3. The molecular formula is C21H26N2O4. The average Bonchev–Trinajstić information content (AvgIpc) is 3.53. The normalized spacial score (nSPS) is 25.6. The number of piperidine rings is 1. The van der Waals surface area contributed by atoms with Crippen LogP contribution in [-0.4, -0.2) is 40.9 Å². The van der Waals surface area contributed by atoms with Crippen LogP contribution in [0.2, 0.25) is 0 Å². The van der Waals surface area contributed by atoms with Crippen LogP contribution in [0, 0.1) is 11.8 Å². The van der Waals surface area contributed by atoms with Crippen molar-refractivity contribution in [1.82, 2.24) is 10.2 Å². The zero-order chi connectivity index (χ0) is 19.0. The fraction of sp³-hybridized carbons (Fsp3) is 0.571. The quantitative estimate of drug-likeness (QED) is 0.849. The Hall–Kier alpha value is -2.37. The lowest BCUT2D eigenvalue weighted by molar-refractivity contribution is -0.150. The second-order valence-corrected chi connectivity index (χ2v) is 8.08. The highest BCUT2D eigenvalue weighted by molar-refractivity contribution is 5.90. The molecule has 2 aliphatic carbocycles. The maximum absolute atomic E-state index is 12.9. The van der Waals surface area contributed by atoms with Crippen LogP contribution in [0.4, 0.5) is 0 Å². The van der Waals surface area contributed by atoms with Gasteiger partial charge in [-0.3, -0.25) is 9.59 Å². The van der Waals surface area contributed by atoms with Crippen LogP contribution in [-0.2, 0) is 26.3 Å². The molecule has 3 aliphatic rings. The number of aliphatic carboxylic acids is 1. The smallest absolute Gasteiger partial charge is 0.334 e. The number of fused-ring (bicyclic) bond motifs is 1. The maximum atomic E-state index is 12.9. The fourth-order valence-electron chi connectivity index (χ4n) is 4.50. The van der Waals surface area contributed by atoms with E-state index in [1.807, 2.05) is 29.2 Å². The first-order chi connectivity index (χ1) is 13.0. The molecule has 0 aromatic heterocycles. The summed E-state index contributed by atoms with van der Waals surface area (Å²) < 4.78 is 0. The SMILES string of the molecule is O=C(NC1(C(=O)O)CCCc2ccccc21)C1CCN(C(=O)C2CC2)CC1. The molecule has 1 unspecified atom stereocenters. The highest BCUT2D eigenvalue weighted by Crippen LogP contribution is 2.37. The van der Waals surface area contributed by atoms with Gasteiger partial charge in [-0.15, -0.1) is 0 Å². The number of nitrogens with one attached hydrogen (secondary N) is 1. The molecule has 1 saturated heterocycles. The number of amides is 2. The molecule has 144 valence electrons. The minimum atomic E-state index is -1.34. The van der Waals surface area contributed by atoms with Crippen LogP contribution < -0.4 is 5.32 Å². The van der Waals surface area contributed by atoms with E-state index in [1.54, 1.807) is 0 Å². The first kappa shape index (κ1) is 18.0. The van der Waals surface area contributed by atoms with Crippen molar-refractivity contribution < 1.29 is 19.5 Å². The molecule has 0 radical (unpaired) electrons. The number of aryl methyl sites for hydroxylation is 1. The highest BCUT2D eigenvalue weighted by Gasteiger charge is 2.46. The molecule has 2 fully saturated rings. The summed E-state index contributed by atoms with van der Waals surface area (Å²) in [6, 6.07) is 7.50. The number of rotatable bonds is 4. The molecule has 1 heterocycles. The number of likely N-dealkylation sites (tertiary alicyclic amines) is 1. The molecule has 27 heavy (non-hydrogen) atoms. The first-order valence-corrected chi connectivity index (χ1v) is 9.94. The van der Waals surface area contributed by atoms with Gasteiger partial charge in [0.25, 0.3) is 0 Å². The van der Waals surface area contributed by atoms with Crippen LogP contribution in [0.5, 0.6) is 0 Å². The van der Waals surface area contributed by atoms with Gasteiger partial charge in [-0.25, -0.2) is 4.79 Å². The molecule has 1 saturated carbocycles. The van der Waals surface area contributed by atoms with Gasteiger partial charge in [0.1, 0.15) is 0 Å². The number of carboxylic acids is 1. The average molecular weight is 370 g/mol. The Kier molecular flexibility index (Phi) is 4.66. The molecule has 6 heteroatoms. The van der Waals surface area contributed by atoms with Gasteiger partial charge in [-0.1, -0.05) is 24.3 Å². The lowest BCUT2D eigenvalue weighted by atomic mass is 9.76.